The van der Waals surface area contributed by atoms with Gasteiger partial charge >= 0.3 is 0 Å². The number of pyridine rings is 1. The molecule has 33 heavy (non-hydrogen) atoms. The van der Waals surface area contributed by atoms with Gasteiger partial charge in [0.15, 0.2) is 0 Å². The zero-order valence-corrected chi connectivity index (χ0v) is 18.6. The van der Waals surface area contributed by atoms with E-state index in [1.807, 2.05) is 30.3 Å². The van der Waals surface area contributed by atoms with Crippen LogP contribution in [0.25, 0.3) is 21.0 Å². The number of hydrogen-bond acceptors (Lipinski definition) is 6. The smallest absolute Gasteiger partial charge is 0.252 e. The Morgan fingerprint density at radius 1 is 1.09 bits per heavy atom. The highest BCUT2D eigenvalue weighted by atomic mass is 32.1. The van der Waals surface area contributed by atoms with E-state index in [4.69, 9.17) is 5.73 Å². The van der Waals surface area contributed by atoms with Crippen LogP contribution in [0.4, 0.5) is 10.2 Å². The Kier molecular flexibility index (Phi) is 7.07. The van der Waals surface area contributed by atoms with Gasteiger partial charge in [-0.15, -0.1) is 11.3 Å². The molecule has 2 aromatic carbocycles. The molecule has 0 aliphatic rings. The van der Waals surface area contributed by atoms with E-state index in [-0.39, 0.29) is 24.4 Å². The Bertz CT molecular complexity index is 1230. The molecule has 0 bridgehead atoms. The number of nitrogen functional groups attached to an aromatic ring is 1. The van der Waals surface area contributed by atoms with E-state index in [1.54, 1.807) is 30.5 Å². The highest BCUT2D eigenvalue weighted by molar-refractivity contribution is 7.19. The van der Waals surface area contributed by atoms with Crippen molar-refractivity contribution in [2.75, 3.05) is 12.3 Å². The lowest BCUT2D eigenvalue weighted by molar-refractivity contribution is 0.0930. The van der Waals surface area contributed by atoms with Crippen LogP contribution in [-0.2, 0) is 6.42 Å². The van der Waals surface area contributed by atoms with Crippen LogP contribution in [0, 0.1) is 5.82 Å². The van der Waals surface area contributed by atoms with Crippen LogP contribution in [0.2, 0.25) is 0 Å². The number of carbonyl (C=O) groups excluding carboxylic acids is 1. The van der Waals surface area contributed by atoms with E-state index in [0.717, 1.165) is 11.3 Å². The summed E-state index contributed by atoms with van der Waals surface area (Å²) in [7, 11) is 0. The molecule has 168 valence electrons. The number of carbonyl (C=O) groups is 1. The molecule has 0 aliphatic carbocycles. The molecule has 4 rings (SSSR count). The van der Waals surface area contributed by atoms with E-state index in [2.05, 4.69) is 15.3 Å². The molecule has 2 heterocycles. The van der Waals surface area contributed by atoms with Crippen LogP contribution in [0.5, 0.6) is 0 Å². The summed E-state index contributed by atoms with van der Waals surface area (Å²) in [6.45, 7) is -0.0521. The number of nitrogens with zero attached hydrogens (tertiary/aromatic N) is 2. The minimum Gasteiger partial charge on any atom is -0.396 e. The number of benzene rings is 2. The predicted octanol–water partition coefficient (Wildman–Crippen LogP) is 4.32. The summed E-state index contributed by atoms with van der Waals surface area (Å²) in [5.41, 5.74) is 8.86. The summed E-state index contributed by atoms with van der Waals surface area (Å²) in [6.07, 6.45) is 2.62. The third kappa shape index (κ3) is 5.42. The average molecular weight is 463 g/mol. The van der Waals surface area contributed by atoms with E-state index in [9.17, 15) is 14.3 Å². The molecule has 4 N–H and O–H groups in total. The number of rotatable bonds is 8. The van der Waals surface area contributed by atoms with E-state index >= 15 is 0 Å². The second-order valence-corrected chi connectivity index (χ2v) is 8.49. The molecular formula is C25H23FN4O2S. The minimum absolute atomic E-state index is 0.0521. The normalized spacial score (nSPS) is 11.8. The summed E-state index contributed by atoms with van der Waals surface area (Å²) >= 11 is 1.35. The number of anilines is 1. The van der Waals surface area contributed by atoms with Crippen LogP contribution in [0.1, 0.15) is 22.5 Å². The van der Waals surface area contributed by atoms with Crippen molar-refractivity contribution in [3.8, 4) is 21.0 Å². The molecule has 8 heteroatoms. The van der Waals surface area contributed by atoms with Gasteiger partial charge in [-0.05, 0) is 42.3 Å². The monoisotopic (exact) mass is 462 g/mol. The van der Waals surface area contributed by atoms with Crippen LogP contribution in [0.3, 0.4) is 0 Å². The van der Waals surface area contributed by atoms with Crippen molar-refractivity contribution >= 4 is 23.1 Å². The number of aliphatic hydroxyl groups is 1. The molecule has 0 saturated heterocycles. The number of halogens is 1. The van der Waals surface area contributed by atoms with Crippen molar-refractivity contribution in [1.82, 2.24) is 15.3 Å². The Labute approximate surface area is 195 Å². The van der Waals surface area contributed by atoms with E-state index in [1.165, 1.54) is 23.5 Å². The number of hydrogen-bond donors (Lipinski definition) is 3. The quantitative estimate of drug-likeness (QED) is 0.362. The second-order valence-electron chi connectivity index (χ2n) is 7.49. The first-order chi connectivity index (χ1) is 16.0. The van der Waals surface area contributed by atoms with Gasteiger partial charge in [0.05, 0.1) is 4.88 Å². The molecule has 0 unspecified atom stereocenters. The molecule has 1 amide bonds. The summed E-state index contributed by atoms with van der Waals surface area (Å²) in [6, 6.07) is 18.6. The second kappa shape index (κ2) is 10.3. The molecule has 2 aromatic heterocycles. The molecular weight excluding hydrogens is 439 g/mol. The Hall–Kier alpha value is -3.62. The maximum Gasteiger partial charge on any atom is 0.252 e. The Morgan fingerprint density at radius 2 is 1.85 bits per heavy atom. The van der Waals surface area contributed by atoms with Gasteiger partial charge in [-0.1, -0.05) is 36.4 Å². The lowest BCUT2D eigenvalue weighted by Crippen LogP contribution is -2.37. The highest BCUT2D eigenvalue weighted by Crippen LogP contribution is 2.38. The molecule has 0 radical (unpaired) electrons. The van der Waals surface area contributed by atoms with Crippen LogP contribution >= 0.6 is 11.3 Å². The van der Waals surface area contributed by atoms with Gasteiger partial charge in [0.2, 0.25) is 0 Å². The van der Waals surface area contributed by atoms with Gasteiger partial charge in [0.25, 0.3) is 5.91 Å². The first kappa shape index (κ1) is 22.6. The topological polar surface area (TPSA) is 101 Å². The number of nitrogens with two attached hydrogens (primary N) is 1. The van der Waals surface area contributed by atoms with Gasteiger partial charge < -0.3 is 16.2 Å². The van der Waals surface area contributed by atoms with Crippen molar-refractivity contribution in [1.29, 1.82) is 0 Å². The lowest BCUT2D eigenvalue weighted by Gasteiger charge is -2.18. The van der Waals surface area contributed by atoms with Gasteiger partial charge in [-0.25, -0.2) is 9.37 Å². The predicted molar refractivity (Wildman–Crippen MR) is 128 cm³/mol. The van der Waals surface area contributed by atoms with Gasteiger partial charge in [0, 0.05) is 42.1 Å². The van der Waals surface area contributed by atoms with Crippen molar-refractivity contribution in [3.05, 3.63) is 90.0 Å². The largest absolute Gasteiger partial charge is 0.396 e. The summed E-state index contributed by atoms with van der Waals surface area (Å²) in [4.78, 5) is 22.7. The van der Waals surface area contributed by atoms with Gasteiger partial charge in [-0.2, -0.15) is 0 Å². The summed E-state index contributed by atoms with van der Waals surface area (Å²) in [5.74, 6) is -0.269. The fraction of sp³-hybridized carbons (Fsp3) is 0.160. The van der Waals surface area contributed by atoms with Gasteiger partial charge in [0.1, 0.15) is 16.6 Å². The lowest BCUT2D eigenvalue weighted by atomic mass is 10.0. The Balaban J connectivity index is 1.60. The fourth-order valence-electron chi connectivity index (χ4n) is 3.54. The van der Waals surface area contributed by atoms with Crippen LogP contribution < -0.4 is 11.1 Å². The summed E-state index contributed by atoms with van der Waals surface area (Å²) in [5, 5.41) is 13.1. The first-order valence-corrected chi connectivity index (χ1v) is 11.3. The fourth-order valence-corrected chi connectivity index (χ4v) is 4.57. The highest BCUT2D eigenvalue weighted by Gasteiger charge is 2.20. The first-order valence-electron chi connectivity index (χ1n) is 10.5. The molecule has 6 nitrogen and oxygen atoms in total. The Morgan fingerprint density at radius 3 is 2.58 bits per heavy atom. The van der Waals surface area contributed by atoms with Crippen LogP contribution in [-0.4, -0.2) is 33.6 Å². The van der Waals surface area contributed by atoms with Crippen LogP contribution in [0.15, 0.2) is 72.9 Å². The number of aliphatic hydroxyl groups excluding tert-OH is 1. The zero-order chi connectivity index (χ0) is 23.2. The van der Waals surface area contributed by atoms with Crippen molar-refractivity contribution in [2.24, 2.45) is 0 Å². The van der Waals surface area contributed by atoms with Gasteiger partial charge in [-0.3, -0.25) is 9.78 Å². The van der Waals surface area contributed by atoms with E-state index in [0.29, 0.717) is 39.7 Å². The average Bonchev–Trinajstić information content (AvgIpc) is 3.22. The molecule has 0 aliphatic heterocycles. The standard InChI is InChI=1S/C25H23FN4O2S/c26-17-10-8-16(9-11-17)22-23(27)30-25(33-22)21-7-2-1-6-20(21)24(32)29-19(12-14-31)15-18-5-3-4-13-28-18/h1-11,13,19,31H,12,14-15,27H2,(H,29,32)/t19-/m0/s1. The number of amides is 1. The molecule has 0 fully saturated rings. The maximum atomic E-state index is 13.3. The third-order valence-electron chi connectivity index (χ3n) is 5.16. The maximum absolute atomic E-state index is 13.3. The van der Waals surface area contributed by atoms with Crippen molar-refractivity contribution in [2.45, 2.75) is 18.9 Å². The molecule has 0 spiro atoms. The molecule has 4 aromatic rings. The molecule has 1 atom stereocenters. The third-order valence-corrected chi connectivity index (χ3v) is 6.31. The SMILES string of the molecule is Nc1nc(-c2ccccc2C(=O)N[C@@H](CCO)Cc2ccccn2)sc1-c1ccc(F)cc1. The minimum atomic E-state index is -0.327. The summed E-state index contributed by atoms with van der Waals surface area (Å²) < 4.78 is 13.3. The number of aromatic nitrogens is 2. The van der Waals surface area contributed by atoms with Crippen molar-refractivity contribution in [3.63, 3.8) is 0 Å². The zero-order valence-electron chi connectivity index (χ0n) is 17.7. The van der Waals surface area contributed by atoms with E-state index < -0.39 is 0 Å². The molecule has 0 saturated carbocycles. The van der Waals surface area contributed by atoms with Crippen molar-refractivity contribution < 1.29 is 14.3 Å². The number of thiazole rings is 1. The number of nitrogens with one attached hydrogen (secondary N) is 1.